The molecule has 0 aromatic carbocycles. The van der Waals surface area contributed by atoms with Crippen molar-refractivity contribution in [3.05, 3.63) is 23.4 Å². The number of halogens is 3. The average molecular weight is 269 g/mol. The van der Waals surface area contributed by atoms with E-state index in [0.717, 1.165) is 18.9 Å². The fraction of sp³-hybridized carbons (Fsp3) is 0.538. The number of rotatable bonds is 1. The van der Waals surface area contributed by atoms with Crippen LogP contribution in [-0.2, 0) is 6.18 Å². The number of nitrogens with zero attached hydrogens (tertiary/aromatic N) is 3. The minimum absolute atomic E-state index is 0.156. The first-order valence-corrected chi connectivity index (χ1v) is 6.15. The zero-order chi connectivity index (χ0) is 14.0. The molecule has 1 atom stereocenters. The lowest BCUT2D eigenvalue weighted by Gasteiger charge is -2.32. The summed E-state index contributed by atoms with van der Waals surface area (Å²) in [6.07, 6.45) is -2.52. The highest BCUT2D eigenvalue weighted by Crippen LogP contribution is 2.31. The Balaban J connectivity index is 2.39. The Kier molecular flexibility index (Phi) is 3.65. The Morgan fingerprint density at radius 3 is 2.74 bits per heavy atom. The molecule has 3 nitrogen and oxygen atoms in total. The molecule has 0 aliphatic carbocycles. The van der Waals surface area contributed by atoms with Crippen LogP contribution in [0.15, 0.2) is 12.1 Å². The monoisotopic (exact) mass is 269 g/mol. The van der Waals surface area contributed by atoms with Crippen LogP contribution in [0.3, 0.4) is 0 Å². The highest BCUT2D eigenvalue weighted by molar-refractivity contribution is 5.54. The van der Waals surface area contributed by atoms with E-state index in [-0.39, 0.29) is 11.4 Å². The molecule has 0 bridgehead atoms. The summed E-state index contributed by atoms with van der Waals surface area (Å²) in [4.78, 5) is 5.43. The quantitative estimate of drug-likeness (QED) is 0.786. The molecule has 0 saturated carbocycles. The summed E-state index contributed by atoms with van der Waals surface area (Å²) in [6, 6.07) is 3.97. The Hall–Kier alpha value is -1.77. The first-order valence-electron chi connectivity index (χ1n) is 6.15. The van der Waals surface area contributed by atoms with Gasteiger partial charge >= 0.3 is 6.18 Å². The Morgan fingerprint density at radius 2 is 2.16 bits per heavy atom. The second-order valence-corrected chi connectivity index (χ2v) is 4.87. The molecule has 1 aromatic heterocycles. The number of alkyl halides is 3. The number of anilines is 1. The largest absolute Gasteiger partial charge is 0.433 e. The van der Waals surface area contributed by atoms with Crippen LogP contribution in [0, 0.1) is 17.2 Å². The minimum atomic E-state index is -4.48. The molecule has 1 unspecified atom stereocenters. The van der Waals surface area contributed by atoms with E-state index in [1.807, 2.05) is 13.0 Å². The molecule has 2 heterocycles. The van der Waals surface area contributed by atoms with Gasteiger partial charge in [-0.3, -0.25) is 0 Å². The van der Waals surface area contributed by atoms with Gasteiger partial charge in [-0.1, -0.05) is 6.92 Å². The number of aromatic nitrogens is 1. The maximum Gasteiger partial charge on any atom is 0.433 e. The van der Waals surface area contributed by atoms with Crippen molar-refractivity contribution < 1.29 is 13.2 Å². The third kappa shape index (κ3) is 2.98. The molecule has 1 fully saturated rings. The molecule has 0 radical (unpaired) electrons. The lowest BCUT2D eigenvalue weighted by Crippen LogP contribution is -2.35. The normalized spacial score (nSPS) is 20.2. The Bertz CT molecular complexity index is 505. The van der Waals surface area contributed by atoms with Crippen LogP contribution in [0.25, 0.3) is 0 Å². The van der Waals surface area contributed by atoms with Gasteiger partial charge in [-0.25, -0.2) is 4.98 Å². The summed E-state index contributed by atoms with van der Waals surface area (Å²) >= 11 is 0. The highest BCUT2D eigenvalue weighted by Gasteiger charge is 2.34. The van der Waals surface area contributed by atoms with Gasteiger partial charge < -0.3 is 4.90 Å². The first kappa shape index (κ1) is 13.7. The van der Waals surface area contributed by atoms with Crippen LogP contribution in [0.1, 0.15) is 31.0 Å². The number of piperidine rings is 1. The SMILES string of the molecule is CC1CCCN(c2nc(C(F)(F)F)ccc2C#N)C1. The molecule has 1 saturated heterocycles. The van der Waals surface area contributed by atoms with E-state index in [4.69, 9.17) is 5.26 Å². The fourth-order valence-electron chi connectivity index (χ4n) is 2.32. The van der Waals surface area contributed by atoms with Crippen LogP contribution in [-0.4, -0.2) is 18.1 Å². The van der Waals surface area contributed by atoms with E-state index in [0.29, 0.717) is 19.0 Å². The summed E-state index contributed by atoms with van der Waals surface area (Å²) in [6.45, 7) is 3.34. The van der Waals surface area contributed by atoms with Crippen molar-refractivity contribution in [2.75, 3.05) is 18.0 Å². The highest BCUT2D eigenvalue weighted by atomic mass is 19.4. The third-order valence-electron chi connectivity index (χ3n) is 3.24. The summed E-state index contributed by atoms with van der Waals surface area (Å²) < 4.78 is 38.1. The van der Waals surface area contributed by atoms with E-state index >= 15 is 0 Å². The fourth-order valence-corrected chi connectivity index (χ4v) is 2.32. The predicted octanol–water partition coefficient (Wildman–Crippen LogP) is 3.21. The van der Waals surface area contributed by atoms with Crippen molar-refractivity contribution in [3.8, 4) is 6.07 Å². The maximum absolute atomic E-state index is 12.7. The standard InChI is InChI=1S/C13H14F3N3/c1-9-3-2-6-19(8-9)12-10(7-17)4-5-11(18-12)13(14,15)16/h4-5,9H,2-3,6,8H2,1H3. The van der Waals surface area contributed by atoms with Gasteiger partial charge in [0.05, 0.1) is 5.56 Å². The van der Waals surface area contributed by atoms with Crippen molar-refractivity contribution >= 4 is 5.82 Å². The number of hydrogen-bond donors (Lipinski definition) is 0. The van der Waals surface area contributed by atoms with E-state index in [1.165, 1.54) is 6.07 Å². The van der Waals surface area contributed by atoms with E-state index in [1.54, 1.807) is 4.90 Å². The van der Waals surface area contributed by atoms with Gasteiger partial charge in [0, 0.05) is 13.1 Å². The molecule has 1 aliphatic heterocycles. The van der Waals surface area contributed by atoms with Crippen molar-refractivity contribution in [3.63, 3.8) is 0 Å². The topological polar surface area (TPSA) is 39.9 Å². The zero-order valence-electron chi connectivity index (χ0n) is 10.5. The molecule has 2 rings (SSSR count). The molecule has 19 heavy (non-hydrogen) atoms. The molecular formula is C13H14F3N3. The van der Waals surface area contributed by atoms with Crippen molar-refractivity contribution in [2.45, 2.75) is 25.9 Å². The molecular weight excluding hydrogens is 255 g/mol. The van der Waals surface area contributed by atoms with Crippen molar-refractivity contribution in [1.29, 1.82) is 5.26 Å². The maximum atomic E-state index is 12.7. The molecule has 1 aromatic rings. The van der Waals surface area contributed by atoms with Gasteiger partial charge in [0.2, 0.25) is 0 Å². The van der Waals surface area contributed by atoms with Crippen LogP contribution in [0.4, 0.5) is 19.0 Å². The second kappa shape index (κ2) is 5.08. The van der Waals surface area contributed by atoms with Crippen LogP contribution in [0.5, 0.6) is 0 Å². The first-order chi connectivity index (χ1) is 8.91. The number of hydrogen-bond acceptors (Lipinski definition) is 3. The Morgan fingerprint density at radius 1 is 1.42 bits per heavy atom. The van der Waals surface area contributed by atoms with Gasteiger partial charge in [-0.2, -0.15) is 18.4 Å². The third-order valence-corrected chi connectivity index (χ3v) is 3.24. The molecule has 0 N–H and O–H groups in total. The van der Waals surface area contributed by atoms with Crippen molar-refractivity contribution in [1.82, 2.24) is 4.98 Å². The minimum Gasteiger partial charge on any atom is -0.355 e. The zero-order valence-corrected chi connectivity index (χ0v) is 10.5. The van der Waals surface area contributed by atoms with Gasteiger partial charge in [0.25, 0.3) is 0 Å². The van der Waals surface area contributed by atoms with E-state index in [2.05, 4.69) is 4.98 Å². The molecule has 6 heteroatoms. The van der Waals surface area contributed by atoms with E-state index in [9.17, 15) is 13.2 Å². The number of nitriles is 1. The Labute approximate surface area is 109 Å². The van der Waals surface area contributed by atoms with Gasteiger partial charge in [-0.05, 0) is 30.9 Å². The molecule has 1 aliphatic rings. The molecule has 0 amide bonds. The van der Waals surface area contributed by atoms with Gasteiger partial charge in [-0.15, -0.1) is 0 Å². The lowest BCUT2D eigenvalue weighted by molar-refractivity contribution is -0.141. The van der Waals surface area contributed by atoms with Crippen LogP contribution < -0.4 is 4.90 Å². The summed E-state index contributed by atoms with van der Waals surface area (Å²) in [7, 11) is 0. The predicted molar refractivity (Wildman–Crippen MR) is 64.6 cm³/mol. The summed E-state index contributed by atoms with van der Waals surface area (Å²) in [5.74, 6) is 0.556. The lowest BCUT2D eigenvalue weighted by atomic mass is 10.00. The van der Waals surface area contributed by atoms with Crippen LogP contribution in [0.2, 0.25) is 0 Å². The van der Waals surface area contributed by atoms with Gasteiger partial charge in [0.1, 0.15) is 17.6 Å². The number of pyridine rings is 1. The average Bonchev–Trinajstić information content (AvgIpc) is 2.37. The smallest absolute Gasteiger partial charge is 0.355 e. The molecule has 102 valence electrons. The van der Waals surface area contributed by atoms with E-state index < -0.39 is 11.9 Å². The van der Waals surface area contributed by atoms with Crippen molar-refractivity contribution in [2.24, 2.45) is 5.92 Å². The van der Waals surface area contributed by atoms with Crippen LogP contribution >= 0.6 is 0 Å². The summed E-state index contributed by atoms with van der Waals surface area (Å²) in [5.41, 5.74) is -0.748. The second-order valence-electron chi connectivity index (χ2n) is 4.87. The van der Waals surface area contributed by atoms with Gasteiger partial charge in [0.15, 0.2) is 0 Å². The molecule has 0 spiro atoms. The summed E-state index contributed by atoms with van der Waals surface area (Å²) in [5, 5.41) is 9.01.